The van der Waals surface area contributed by atoms with Crippen LogP contribution < -0.4 is 5.73 Å². The zero-order valence-corrected chi connectivity index (χ0v) is 6.77. The van der Waals surface area contributed by atoms with Gasteiger partial charge in [-0.25, -0.2) is 4.39 Å². The minimum atomic E-state index is -0.633. The lowest BCUT2D eigenvalue weighted by molar-refractivity contribution is 0.375. The van der Waals surface area contributed by atoms with Gasteiger partial charge in [0.1, 0.15) is 12.4 Å². The normalized spacial score (nSPS) is 13.5. The smallest absolute Gasteiger partial charge is 0.169 e. The van der Waals surface area contributed by atoms with Crippen LogP contribution in [-0.2, 0) is 0 Å². The molecule has 2 N–H and O–H groups in total. The molecule has 2 nitrogen and oxygen atoms in total. The Morgan fingerprint density at radius 3 is 2.80 bits per heavy atom. The van der Waals surface area contributed by atoms with Crippen molar-refractivity contribution in [3.05, 3.63) is 22.6 Å². The quantitative estimate of drug-likeness (QED) is 0.807. The summed E-state index contributed by atoms with van der Waals surface area (Å²) in [6.45, 7) is -0.597. The van der Waals surface area contributed by atoms with Gasteiger partial charge in [0.25, 0.3) is 0 Å². The topological polar surface area (TPSA) is 39.2 Å². The van der Waals surface area contributed by atoms with E-state index in [2.05, 4.69) is 15.9 Å². The maximum atomic E-state index is 11.9. The Balaban J connectivity index is 2.74. The predicted molar refractivity (Wildman–Crippen MR) is 39.3 cm³/mol. The lowest BCUT2D eigenvalue weighted by Crippen LogP contribution is -2.10. The summed E-state index contributed by atoms with van der Waals surface area (Å²) >= 11 is 3.08. The largest absolute Gasteiger partial charge is 0.453 e. The van der Waals surface area contributed by atoms with E-state index in [4.69, 9.17) is 10.2 Å². The van der Waals surface area contributed by atoms with E-state index in [-0.39, 0.29) is 0 Å². The molecule has 1 aromatic heterocycles. The van der Waals surface area contributed by atoms with Crippen LogP contribution in [-0.4, -0.2) is 6.67 Å². The molecule has 1 unspecified atom stereocenters. The van der Waals surface area contributed by atoms with Gasteiger partial charge in [-0.3, -0.25) is 0 Å². The summed E-state index contributed by atoms with van der Waals surface area (Å²) in [6.07, 6.45) is 0. The van der Waals surface area contributed by atoms with Crippen LogP contribution in [0, 0.1) is 0 Å². The van der Waals surface area contributed by atoms with E-state index in [0.29, 0.717) is 10.4 Å². The van der Waals surface area contributed by atoms with Crippen molar-refractivity contribution in [1.82, 2.24) is 0 Å². The van der Waals surface area contributed by atoms with Gasteiger partial charge in [-0.2, -0.15) is 0 Å². The highest BCUT2D eigenvalue weighted by atomic mass is 79.9. The molecule has 1 heterocycles. The molecule has 1 atom stereocenters. The number of nitrogens with two attached hydrogens (primary N) is 1. The molecular weight excluding hydrogens is 201 g/mol. The van der Waals surface area contributed by atoms with Crippen LogP contribution in [0.4, 0.5) is 4.39 Å². The SMILES string of the molecule is NC(CF)c1ccc(Br)o1. The van der Waals surface area contributed by atoms with E-state index >= 15 is 0 Å². The fraction of sp³-hybridized carbons (Fsp3) is 0.333. The first kappa shape index (κ1) is 7.75. The van der Waals surface area contributed by atoms with Crippen LogP contribution in [0.3, 0.4) is 0 Å². The van der Waals surface area contributed by atoms with Crippen LogP contribution in [0.15, 0.2) is 21.2 Å². The van der Waals surface area contributed by atoms with E-state index in [1.807, 2.05) is 0 Å². The lowest BCUT2D eigenvalue weighted by Gasteiger charge is -1.99. The molecule has 0 spiro atoms. The summed E-state index contributed by atoms with van der Waals surface area (Å²) in [5.74, 6) is 0.467. The molecule has 56 valence electrons. The van der Waals surface area contributed by atoms with Crippen molar-refractivity contribution >= 4 is 15.9 Å². The third-order valence-electron chi connectivity index (χ3n) is 1.13. The van der Waals surface area contributed by atoms with Gasteiger partial charge in [0, 0.05) is 0 Å². The van der Waals surface area contributed by atoms with Crippen LogP contribution in [0.25, 0.3) is 0 Å². The van der Waals surface area contributed by atoms with Gasteiger partial charge in [0.2, 0.25) is 0 Å². The third-order valence-corrected chi connectivity index (χ3v) is 1.55. The number of alkyl halides is 1. The molecule has 0 aliphatic rings. The number of furan rings is 1. The molecule has 0 amide bonds. The van der Waals surface area contributed by atoms with Crippen LogP contribution in [0.5, 0.6) is 0 Å². The van der Waals surface area contributed by atoms with Gasteiger partial charge in [0.05, 0.1) is 6.04 Å². The molecular formula is C6H7BrFNO. The van der Waals surface area contributed by atoms with Crippen LogP contribution in [0.2, 0.25) is 0 Å². The molecule has 1 aromatic rings. The van der Waals surface area contributed by atoms with Crippen molar-refractivity contribution in [1.29, 1.82) is 0 Å². The third kappa shape index (κ3) is 1.58. The minimum absolute atomic E-state index is 0.467. The molecule has 0 aromatic carbocycles. The minimum Gasteiger partial charge on any atom is -0.453 e. The highest BCUT2D eigenvalue weighted by Crippen LogP contribution is 2.18. The van der Waals surface area contributed by atoms with Gasteiger partial charge >= 0.3 is 0 Å². The Hall–Kier alpha value is -0.350. The van der Waals surface area contributed by atoms with E-state index < -0.39 is 12.7 Å². The monoisotopic (exact) mass is 207 g/mol. The van der Waals surface area contributed by atoms with Crippen molar-refractivity contribution < 1.29 is 8.81 Å². The van der Waals surface area contributed by atoms with E-state index in [1.165, 1.54) is 0 Å². The summed E-state index contributed by atoms with van der Waals surface area (Å²) in [7, 11) is 0. The average molecular weight is 208 g/mol. The number of rotatable bonds is 2. The second-order valence-electron chi connectivity index (χ2n) is 1.90. The van der Waals surface area contributed by atoms with Crippen molar-refractivity contribution in [3.63, 3.8) is 0 Å². The standard InChI is InChI=1S/C6H7BrFNO/c7-6-2-1-5(10-6)4(9)3-8/h1-2,4H,3,9H2. The van der Waals surface area contributed by atoms with Crippen molar-refractivity contribution in [2.75, 3.05) is 6.67 Å². The fourth-order valence-corrected chi connectivity index (χ4v) is 0.923. The second kappa shape index (κ2) is 3.16. The van der Waals surface area contributed by atoms with Gasteiger partial charge < -0.3 is 10.2 Å². The summed E-state index contributed by atoms with van der Waals surface area (Å²) in [4.78, 5) is 0. The van der Waals surface area contributed by atoms with Crippen LogP contribution in [0.1, 0.15) is 11.8 Å². The molecule has 10 heavy (non-hydrogen) atoms. The van der Waals surface area contributed by atoms with E-state index in [9.17, 15) is 4.39 Å². The van der Waals surface area contributed by atoms with E-state index in [0.717, 1.165) is 0 Å². The van der Waals surface area contributed by atoms with Gasteiger partial charge in [-0.1, -0.05) is 0 Å². The molecule has 0 saturated heterocycles. The zero-order chi connectivity index (χ0) is 7.56. The fourth-order valence-electron chi connectivity index (χ4n) is 0.604. The lowest BCUT2D eigenvalue weighted by atomic mass is 10.3. The van der Waals surface area contributed by atoms with Crippen molar-refractivity contribution in [2.45, 2.75) is 6.04 Å². The summed E-state index contributed by atoms with van der Waals surface area (Å²) in [6, 6.07) is 2.70. The highest BCUT2D eigenvalue weighted by Gasteiger charge is 2.08. The maximum Gasteiger partial charge on any atom is 0.169 e. The molecule has 0 fully saturated rings. The Morgan fingerprint density at radius 1 is 1.70 bits per heavy atom. The first-order chi connectivity index (χ1) is 4.74. The first-order valence-electron chi connectivity index (χ1n) is 2.81. The molecule has 0 aliphatic heterocycles. The Kier molecular flexibility index (Phi) is 2.45. The van der Waals surface area contributed by atoms with Crippen molar-refractivity contribution in [2.24, 2.45) is 5.73 Å². The van der Waals surface area contributed by atoms with Crippen molar-refractivity contribution in [3.8, 4) is 0 Å². The Bertz CT molecular complexity index is 213. The number of hydrogen-bond donors (Lipinski definition) is 1. The molecule has 4 heteroatoms. The first-order valence-corrected chi connectivity index (χ1v) is 3.60. The van der Waals surface area contributed by atoms with Gasteiger partial charge in [-0.15, -0.1) is 0 Å². The molecule has 0 saturated carbocycles. The zero-order valence-electron chi connectivity index (χ0n) is 5.18. The average Bonchev–Trinajstić information content (AvgIpc) is 2.34. The molecule has 0 radical (unpaired) electrons. The maximum absolute atomic E-state index is 11.9. The summed E-state index contributed by atoms with van der Waals surface area (Å²) in [5.41, 5.74) is 5.32. The summed E-state index contributed by atoms with van der Waals surface area (Å²) < 4.78 is 17.4. The van der Waals surface area contributed by atoms with Crippen LogP contribution >= 0.6 is 15.9 Å². The predicted octanol–water partition coefficient (Wildman–Crippen LogP) is 2.01. The Morgan fingerprint density at radius 2 is 2.40 bits per heavy atom. The molecule has 0 aliphatic carbocycles. The van der Waals surface area contributed by atoms with Gasteiger partial charge in [0.15, 0.2) is 4.67 Å². The number of halogens is 2. The summed E-state index contributed by atoms with van der Waals surface area (Å²) in [5, 5.41) is 0. The second-order valence-corrected chi connectivity index (χ2v) is 2.68. The van der Waals surface area contributed by atoms with E-state index in [1.54, 1.807) is 12.1 Å². The number of hydrogen-bond acceptors (Lipinski definition) is 2. The van der Waals surface area contributed by atoms with Gasteiger partial charge in [-0.05, 0) is 28.1 Å². The molecule has 0 bridgehead atoms. The highest BCUT2D eigenvalue weighted by molar-refractivity contribution is 9.10. The Labute approximate surface area is 66.3 Å². The molecule has 1 rings (SSSR count).